The van der Waals surface area contributed by atoms with Crippen LogP contribution in [0.5, 0.6) is 0 Å². The Labute approximate surface area is 515 Å². The van der Waals surface area contributed by atoms with E-state index in [2.05, 4.69) is 79.9 Å². The SMILES string of the molecule is CC/C=C/CC/C=C/CC/C=C/C(O)C(COC1OC(CO)C(O)C(O)C1O)NC(=O)CCCCCCCCCCCCCCCCC/C=C\C/C=C\CCCCCCCCCCCOC(=O)CCCCCCC/C=C\CCCCCCCC. The van der Waals surface area contributed by atoms with Gasteiger partial charge in [0.15, 0.2) is 6.29 Å². The van der Waals surface area contributed by atoms with Gasteiger partial charge in [-0.05, 0) is 109 Å². The molecule has 1 aliphatic heterocycles. The fourth-order valence-corrected chi connectivity index (χ4v) is 10.7. The number of carbonyl (C=O) groups is 2. The Morgan fingerprint density at radius 2 is 0.845 bits per heavy atom. The number of ether oxygens (including phenoxy) is 3. The van der Waals surface area contributed by atoms with Crippen molar-refractivity contribution in [3.63, 3.8) is 0 Å². The molecule has 11 heteroatoms. The van der Waals surface area contributed by atoms with Crippen molar-refractivity contribution in [2.45, 2.75) is 358 Å². The van der Waals surface area contributed by atoms with Crippen LogP contribution in [0.1, 0.15) is 316 Å². The molecule has 6 N–H and O–H groups in total. The highest BCUT2D eigenvalue weighted by Gasteiger charge is 2.44. The second kappa shape index (κ2) is 61.7. The third kappa shape index (κ3) is 50.1. The highest BCUT2D eigenvalue weighted by molar-refractivity contribution is 5.76. The minimum Gasteiger partial charge on any atom is -0.466 e. The lowest BCUT2D eigenvalue weighted by Gasteiger charge is -2.40. The molecule has 0 radical (unpaired) electrons. The van der Waals surface area contributed by atoms with Gasteiger partial charge in [0.1, 0.15) is 24.4 Å². The van der Waals surface area contributed by atoms with Crippen LogP contribution in [0.25, 0.3) is 0 Å². The first kappa shape index (κ1) is 79.1. The van der Waals surface area contributed by atoms with Crippen LogP contribution in [0.15, 0.2) is 72.9 Å². The molecule has 488 valence electrons. The average molecular weight is 1180 g/mol. The van der Waals surface area contributed by atoms with E-state index in [9.17, 15) is 35.1 Å². The highest BCUT2D eigenvalue weighted by Crippen LogP contribution is 2.23. The maximum atomic E-state index is 13.0. The summed E-state index contributed by atoms with van der Waals surface area (Å²) in [4.78, 5) is 25.1. The van der Waals surface area contributed by atoms with Crippen LogP contribution in [0.4, 0.5) is 0 Å². The topological polar surface area (TPSA) is 175 Å². The van der Waals surface area contributed by atoms with Crippen LogP contribution in [0, 0.1) is 0 Å². The number of allylic oxidation sites excluding steroid dienone is 11. The van der Waals surface area contributed by atoms with Crippen molar-refractivity contribution in [1.29, 1.82) is 0 Å². The molecular formula is C73H131NO10. The van der Waals surface area contributed by atoms with Gasteiger partial charge < -0.3 is 45.1 Å². The van der Waals surface area contributed by atoms with Gasteiger partial charge in [0, 0.05) is 12.8 Å². The Kier molecular flexibility index (Phi) is 58.1. The number of carbonyl (C=O) groups excluding carboxylic acids is 2. The average Bonchev–Trinajstić information content (AvgIpc) is 3.54. The molecule has 1 heterocycles. The molecule has 1 fully saturated rings. The standard InChI is InChI=1S/C73H131NO10/c1-3-5-7-9-11-13-15-16-34-38-41-45-49-53-57-61-69(78)82-62-58-54-50-46-42-39-36-33-31-29-27-25-23-21-19-17-18-20-22-24-26-28-30-32-35-37-40-44-48-52-56-60-68(77)74-65(64-83-73-72(81)71(80)70(79)67(63-75)84-73)66(76)59-55-51-47-43-14-12-10-8-6-4-2/h6,8,14,16,19,21,25,27,34,43,55,59,65-67,70-73,75-76,79-81H,3-5,7,9-13,15,17-18,20,22-24,26,28-33,35-42,44-54,56-58,60-64H2,1-2H3,(H,74,77)/b8-6+,21-19-,27-25-,34-16-,43-14+,59-55+. The number of amides is 1. The molecule has 7 atom stereocenters. The van der Waals surface area contributed by atoms with Crippen LogP contribution in [-0.2, 0) is 23.8 Å². The third-order valence-corrected chi connectivity index (χ3v) is 16.3. The molecule has 0 spiro atoms. The summed E-state index contributed by atoms with van der Waals surface area (Å²) in [6.45, 7) is 4.20. The lowest BCUT2D eigenvalue weighted by Crippen LogP contribution is -2.60. The predicted octanol–water partition coefficient (Wildman–Crippen LogP) is 17.9. The summed E-state index contributed by atoms with van der Waals surface area (Å²) >= 11 is 0. The molecular weight excluding hydrogens is 1050 g/mol. The van der Waals surface area contributed by atoms with Gasteiger partial charge in [-0.1, -0.05) is 267 Å². The highest BCUT2D eigenvalue weighted by atomic mass is 16.7. The van der Waals surface area contributed by atoms with Crippen molar-refractivity contribution in [3.8, 4) is 0 Å². The normalized spacial score (nSPS) is 18.5. The summed E-state index contributed by atoms with van der Waals surface area (Å²) in [6, 6.07) is -0.835. The summed E-state index contributed by atoms with van der Waals surface area (Å²) in [5.74, 6) is -0.202. The lowest BCUT2D eigenvalue weighted by atomic mass is 9.99. The van der Waals surface area contributed by atoms with Crippen molar-refractivity contribution >= 4 is 11.9 Å². The zero-order valence-corrected chi connectivity index (χ0v) is 54.1. The van der Waals surface area contributed by atoms with E-state index in [0.717, 1.165) is 77.0 Å². The number of aliphatic hydroxyl groups excluding tert-OH is 5. The molecule has 0 bridgehead atoms. The summed E-state index contributed by atoms with van der Waals surface area (Å²) in [5.41, 5.74) is 0. The van der Waals surface area contributed by atoms with Crippen LogP contribution >= 0.6 is 0 Å². The van der Waals surface area contributed by atoms with Crippen LogP contribution in [-0.4, -0.2) is 100 Å². The van der Waals surface area contributed by atoms with Crippen LogP contribution in [0.2, 0.25) is 0 Å². The number of nitrogens with one attached hydrogen (secondary N) is 1. The zero-order valence-electron chi connectivity index (χ0n) is 54.1. The van der Waals surface area contributed by atoms with Crippen molar-refractivity contribution in [2.75, 3.05) is 19.8 Å². The number of esters is 1. The first-order chi connectivity index (χ1) is 41.2. The Bertz CT molecular complexity index is 1630. The predicted molar refractivity (Wildman–Crippen MR) is 352 cm³/mol. The Morgan fingerprint density at radius 1 is 0.452 bits per heavy atom. The van der Waals surface area contributed by atoms with Gasteiger partial charge in [-0.25, -0.2) is 0 Å². The van der Waals surface area contributed by atoms with Crippen molar-refractivity contribution < 1.29 is 49.3 Å². The van der Waals surface area contributed by atoms with Crippen molar-refractivity contribution in [2.24, 2.45) is 0 Å². The molecule has 1 amide bonds. The lowest BCUT2D eigenvalue weighted by molar-refractivity contribution is -0.302. The molecule has 0 aliphatic carbocycles. The summed E-state index contributed by atoms with van der Waals surface area (Å²) in [6.07, 6.45) is 73.4. The van der Waals surface area contributed by atoms with E-state index in [-0.39, 0.29) is 18.5 Å². The molecule has 1 saturated heterocycles. The second-order valence-corrected chi connectivity index (χ2v) is 24.2. The quantitative estimate of drug-likeness (QED) is 0.0195. The van der Waals surface area contributed by atoms with E-state index in [0.29, 0.717) is 19.4 Å². The van der Waals surface area contributed by atoms with Gasteiger partial charge in [0.2, 0.25) is 5.91 Å². The molecule has 1 aliphatic rings. The first-order valence-electron chi connectivity index (χ1n) is 35.2. The van der Waals surface area contributed by atoms with Gasteiger partial charge in [-0.2, -0.15) is 0 Å². The number of hydrogen-bond donors (Lipinski definition) is 6. The minimum atomic E-state index is -1.58. The maximum absolute atomic E-state index is 13.0. The van der Waals surface area contributed by atoms with Crippen LogP contribution in [0.3, 0.4) is 0 Å². The number of rotatable bonds is 61. The van der Waals surface area contributed by atoms with Gasteiger partial charge in [-0.15, -0.1) is 0 Å². The summed E-state index contributed by atoms with van der Waals surface area (Å²) < 4.78 is 16.7. The van der Waals surface area contributed by atoms with Gasteiger partial charge in [0.25, 0.3) is 0 Å². The Morgan fingerprint density at radius 3 is 1.31 bits per heavy atom. The summed E-state index contributed by atoms with van der Waals surface area (Å²) in [7, 11) is 0. The van der Waals surface area contributed by atoms with Crippen molar-refractivity contribution in [3.05, 3.63) is 72.9 Å². The zero-order chi connectivity index (χ0) is 60.9. The molecule has 0 aromatic carbocycles. The second-order valence-electron chi connectivity index (χ2n) is 24.2. The first-order valence-corrected chi connectivity index (χ1v) is 35.2. The Hall–Kier alpha value is -2.90. The van der Waals surface area contributed by atoms with E-state index in [4.69, 9.17) is 14.2 Å². The summed E-state index contributed by atoms with van der Waals surface area (Å²) in [5, 5.41) is 54.3. The monoisotopic (exact) mass is 1180 g/mol. The Balaban J connectivity index is 1.94. The fraction of sp³-hybridized carbons (Fsp3) is 0.808. The van der Waals surface area contributed by atoms with Gasteiger partial charge in [-0.3, -0.25) is 9.59 Å². The molecule has 84 heavy (non-hydrogen) atoms. The number of aliphatic hydroxyl groups is 5. The van der Waals surface area contributed by atoms with Crippen LogP contribution < -0.4 is 5.32 Å². The molecule has 0 aromatic heterocycles. The van der Waals surface area contributed by atoms with E-state index in [1.807, 2.05) is 6.08 Å². The van der Waals surface area contributed by atoms with E-state index in [1.54, 1.807) is 6.08 Å². The molecule has 11 nitrogen and oxygen atoms in total. The number of hydrogen-bond acceptors (Lipinski definition) is 10. The fourth-order valence-electron chi connectivity index (χ4n) is 10.7. The van der Waals surface area contributed by atoms with E-state index >= 15 is 0 Å². The van der Waals surface area contributed by atoms with Gasteiger partial charge >= 0.3 is 5.97 Å². The number of unbranched alkanes of at least 4 members (excludes halogenated alkanes) is 37. The molecule has 1 rings (SSSR count). The third-order valence-electron chi connectivity index (χ3n) is 16.3. The molecule has 0 aromatic rings. The van der Waals surface area contributed by atoms with Gasteiger partial charge in [0.05, 0.1) is 32.0 Å². The smallest absolute Gasteiger partial charge is 0.305 e. The maximum Gasteiger partial charge on any atom is 0.305 e. The molecule has 0 saturated carbocycles. The van der Waals surface area contributed by atoms with E-state index < -0.39 is 49.5 Å². The minimum absolute atomic E-state index is 0.00360. The molecule has 7 unspecified atom stereocenters. The van der Waals surface area contributed by atoms with Crippen molar-refractivity contribution in [1.82, 2.24) is 5.32 Å². The largest absolute Gasteiger partial charge is 0.466 e. The van der Waals surface area contributed by atoms with E-state index in [1.165, 1.54) is 212 Å².